The van der Waals surface area contributed by atoms with Gasteiger partial charge < -0.3 is 19.7 Å². The Labute approximate surface area is 158 Å². The van der Waals surface area contributed by atoms with Gasteiger partial charge in [0, 0.05) is 31.9 Å². The molecule has 0 spiro atoms. The van der Waals surface area contributed by atoms with E-state index in [4.69, 9.17) is 9.47 Å². The number of ether oxygens (including phenoxy) is 2. The second kappa shape index (κ2) is 9.02. The maximum atomic E-state index is 12.3. The number of rotatable bonds is 8. The number of benzene rings is 1. The molecule has 1 aliphatic rings. The van der Waals surface area contributed by atoms with Crippen LogP contribution in [0.25, 0.3) is 0 Å². The maximum Gasteiger partial charge on any atom is 0.225 e. The van der Waals surface area contributed by atoms with Crippen molar-refractivity contribution >= 4 is 11.8 Å². The Morgan fingerprint density at radius 1 is 1.26 bits per heavy atom. The van der Waals surface area contributed by atoms with Crippen LogP contribution >= 0.6 is 0 Å². The third kappa shape index (κ3) is 4.97. The summed E-state index contributed by atoms with van der Waals surface area (Å²) in [6.45, 7) is 1.60. The third-order valence-electron chi connectivity index (χ3n) is 4.46. The van der Waals surface area contributed by atoms with Gasteiger partial charge in [-0.1, -0.05) is 18.2 Å². The van der Waals surface area contributed by atoms with Gasteiger partial charge in [0.05, 0.1) is 19.6 Å². The van der Waals surface area contributed by atoms with E-state index >= 15 is 0 Å². The molecule has 1 saturated heterocycles. The quantitative estimate of drug-likeness (QED) is 0.765. The summed E-state index contributed by atoms with van der Waals surface area (Å²) in [7, 11) is 1.58. The SMILES string of the molecule is COc1ccccc1OCCN1C[C@H](C(=O)NCc2cccnc2)CC1=O. The molecule has 0 bridgehead atoms. The minimum atomic E-state index is -0.333. The molecule has 1 atom stereocenters. The Bertz CT molecular complexity index is 782. The number of hydrogen-bond acceptors (Lipinski definition) is 5. The van der Waals surface area contributed by atoms with E-state index < -0.39 is 0 Å². The summed E-state index contributed by atoms with van der Waals surface area (Å²) in [5.74, 6) is 0.816. The molecule has 1 aromatic heterocycles. The normalized spacial score (nSPS) is 16.3. The molecule has 0 saturated carbocycles. The third-order valence-corrected chi connectivity index (χ3v) is 4.46. The Morgan fingerprint density at radius 3 is 2.81 bits per heavy atom. The molecule has 27 heavy (non-hydrogen) atoms. The molecule has 2 amide bonds. The molecule has 3 rings (SSSR count). The van der Waals surface area contributed by atoms with E-state index in [1.807, 2.05) is 36.4 Å². The molecule has 142 valence electrons. The number of amides is 2. The van der Waals surface area contributed by atoms with Gasteiger partial charge in [-0.05, 0) is 23.8 Å². The fraction of sp³-hybridized carbons (Fsp3) is 0.350. The highest BCUT2D eigenvalue weighted by Gasteiger charge is 2.33. The number of hydrogen-bond donors (Lipinski definition) is 1. The number of para-hydroxylation sites is 2. The van der Waals surface area contributed by atoms with Gasteiger partial charge in [-0.3, -0.25) is 14.6 Å². The fourth-order valence-corrected chi connectivity index (χ4v) is 3.00. The Kier molecular flexibility index (Phi) is 6.25. The first kappa shape index (κ1) is 18.7. The van der Waals surface area contributed by atoms with E-state index in [0.29, 0.717) is 37.7 Å². The number of likely N-dealkylation sites (tertiary alicyclic amines) is 1. The van der Waals surface area contributed by atoms with Crippen molar-refractivity contribution in [2.24, 2.45) is 5.92 Å². The van der Waals surface area contributed by atoms with Crippen LogP contribution < -0.4 is 14.8 Å². The average Bonchev–Trinajstić information content (AvgIpc) is 3.08. The van der Waals surface area contributed by atoms with Crippen molar-refractivity contribution in [1.82, 2.24) is 15.2 Å². The van der Waals surface area contributed by atoms with Gasteiger partial charge in [0.25, 0.3) is 0 Å². The first-order valence-electron chi connectivity index (χ1n) is 8.87. The molecule has 2 heterocycles. The molecule has 2 aromatic rings. The molecule has 1 aliphatic heterocycles. The van der Waals surface area contributed by atoms with Gasteiger partial charge in [-0.25, -0.2) is 0 Å². The van der Waals surface area contributed by atoms with Gasteiger partial charge in [0.1, 0.15) is 6.61 Å². The largest absolute Gasteiger partial charge is 0.493 e. The molecule has 1 fully saturated rings. The predicted octanol–water partition coefficient (Wildman–Crippen LogP) is 1.63. The lowest BCUT2D eigenvalue weighted by atomic mass is 10.1. The van der Waals surface area contributed by atoms with Crippen molar-refractivity contribution in [3.8, 4) is 11.5 Å². The summed E-state index contributed by atoms with van der Waals surface area (Å²) < 4.78 is 11.0. The van der Waals surface area contributed by atoms with Gasteiger partial charge in [-0.2, -0.15) is 0 Å². The molecule has 7 nitrogen and oxygen atoms in total. The second-order valence-electron chi connectivity index (χ2n) is 6.32. The summed E-state index contributed by atoms with van der Waals surface area (Å²) in [6.07, 6.45) is 3.63. The molecule has 1 aromatic carbocycles. The lowest BCUT2D eigenvalue weighted by Gasteiger charge is -2.17. The number of carbonyl (C=O) groups excluding carboxylic acids is 2. The predicted molar refractivity (Wildman–Crippen MR) is 99.3 cm³/mol. The molecule has 0 aliphatic carbocycles. The molecular formula is C20H23N3O4. The van der Waals surface area contributed by atoms with Crippen molar-refractivity contribution in [1.29, 1.82) is 0 Å². The fourth-order valence-electron chi connectivity index (χ4n) is 3.00. The highest BCUT2D eigenvalue weighted by molar-refractivity contribution is 5.89. The smallest absolute Gasteiger partial charge is 0.225 e. The highest BCUT2D eigenvalue weighted by atomic mass is 16.5. The molecule has 0 unspecified atom stereocenters. The van der Waals surface area contributed by atoms with Crippen molar-refractivity contribution < 1.29 is 19.1 Å². The Hall–Kier alpha value is -3.09. The lowest BCUT2D eigenvalue weighted by molar-refractivity contribution is -0.129. The first-order chi connectivity index (χ1) is 13.2. The number of aromatic nitrogens is 1. The van der Waals surface area contributed by atoms with E-state index in [9.17, 15) is 9.59 Å². The molecular weight excluding hydrogens is 346 g/mol. The maximum absolute atomic E-state index is 12.3. The topological polar surface area (TPSA) is 80.8 Å². The number of methoxy groups -OCH3 is 1. The van der Waals surface area contributed by atoms with Gasteiger partial charge in [0.2, 0.25) is 11.8 Å². The van der Waals surface area contributed by atoms with Crippen LogP contribution in [0, 0.1) is 5.92 Å². The lowest BCUT2D eigenvalue weighted by Crippen LogP contribution is -2.34. The van der Waals surface area contributed by atoms with E-state index in [1.165, 1.54) is 0 Å². The van der Waals surface area contributed by atoms with Crippen LogP contribution in [0.4, 0.5) is 0 Å². The van der Waals surface area contributed by atoms with Crippen molar-refractivity contribution in [2.75, 3.05) is 26.8 Å². The van der Waals surface area contributed by atoms with Crippen LogP contribution in [0.2, 0.25) is 0 Å². The van der Waals surface area contributed by atoms with Crippen LogP contribution in [0.1, 0.15) is 12.0 Å². The zero-order chi connectivity index (χ0) is 19.1. The number of carbonyl (C=O) groups is 2. The summed E-state index contributed by atoms with van der Waals surface area (Å²) in [5, 5.41) is 2.87. The zero-order valence-electron chi connectivity index (χ0n) is 15.3. The summed E-state index contributed by atoms with van der Waals surface area (Å²) in [5.41, 5.74) is 0.928. The molecule has 0 radical (unpaired) electrons. The number of pyridine rings is 1. The van der Waals surface area contributed by atoms with E-state index in [-0.39, 0.29) is 24.2 Å². The van der Waals surface area contributed by atoms with E-state index in [1.54, 1.807) is 24.4 Å². The van der Waals surface area contributed by atoms with Crippen LogP contribution in [-0.4, -0.2) is 48.5 Å². The van der Waals surface area contributed by atoms with Crippen LogP contribution in [-0.2, 0) is 16.1 Å². The van der Waals surface area contributed by atoms with Crippen LogP contribution in [0.3, 0.4) is 0 Å². The van der Waals surface area contributed by atoms with Gasteiger partial charge in [0.15, 0.2) is 11.5 Å². The Morgan fingerprint density at radius 2 is 2.07 bits per heavy atom. The molecule has 1 N–H and O–H groups in total. The standard InChI is InChI=1S/C20H23N3O4/c1-26-17-6-2-3-7-18(17)27-10-9-23-14-16(11-19(23)24)20(25)22-13-15-5-4-8-21-12-15/h2-8,12,16H,9-11,13-14H2,1H3,(H,22,25)/t16-/m1/s1. The second-order valence-corrected chi connectivity index (χ2v) is 6.32. The van der Waals surface area contributed by atoms with E-state index in [0.717, 1.165) is 5.56 Å². The summed E-state index contributed by atoms with van der Waals surface area (Å²) in [6, 6.07) is 11.1. The zero-order valence-corrected chi connectivity index (χ0v) is 15.3. The van der Waals surface area contributed by atoms with Crippen molar-refractivity contribution in [3.05, 3.63) is 54.4 Å². The van der Waals surface area contributed by atoms with Crippen molar-refractivity contribution in [2.45, 2.75) is 13.0 Å². The van der Waals surface area contributed by atoms with Gasteiger partial charge in [-0.15, -0.1) is 0 Å². The highest BCUT2D eigenvalue weighted by Crippen LogP contribution is 2.26. The number of nitrogens with one attached hydrogen (secondary N) is 1. The van der Waals surface area contributed by atoms with Gasteiger partial charge >= 0.3 is 0 Å². The van der Waals surface area contributed by atoms with Crippen LogP contribution in [0.15, 0.2) is 48.8 Å². The minimum absolute atomic E-state index is 0.0276. The number of nitrogens with zero attached hydrogens (tertiary/aromatic N) is 2. The minimum Gasteiger partial charge on any atom is -0.493 e. The van der Waals surface area contributed by atoms with E-state index in [2.05, 4.69) is 10.3 Å². The average molecular weight is 369 g/mol. The Balaban J connectivity index is 1.45. The van der Waals surface area contributed by atoms with Crippen molar-refractivity contribution in [3.63, 3.8) is 0 Å². The molecule has 7 heteroatoms. The monoisotopic (exact) mass is 369 g/mol. The summed E-state index contributed by atoms with van der Waals surface area (Å²) >= 11 is 0. The first-order valence-corrected chi connectivity index (χ1v) is 8.87. The van der Waals surface area contributed by atoms with Crippen LogP contribution in [0.5, 0.6) is 11.5 Å². The summed E-state index contributed by atoms with van der Waals surface area (Å²) in [4.78, 5) is 30.2.